The number of amides is 1. The predicted molar refractivity (Wildman–Crippen MR) is 119 cm³/mol. The van der Waals surface area contributed by atoms with Crippen LogP contribution < -0.4 is 10.6 Å². The number of carbonyl (C=O) groups excluding carboxylic acids is 1. The summed E-state index contributed by atoms with van der Waals surface area (Å²) in [6.45, 7) is 1.62. The monoisotopic (exact) mass is 481 g/mol. The summed E-state index contributed by atoms with van der Waals surface area (Å²) in [5.41, 5.74) is 1.01. The van der Waals surface area contributed by atoms with Crippen LogP contribution in [0.5, 0.6) is 0 Å². The van der Waals surface area contributed by atoms with Crippen LogP contribution in [-0.2, 0) is 16.9 Å². The molecule has 170 valence electrons. The lowest BCUT2D eigenvalue weighted by Crippen LogP contribution is -2.32. The normalized spacial score (nSPS) is 13.9. The Kier molecular flexibility index (Phi) is 6.82. The molecule has 3 aromatic rings. The molecule has 2 heterocycles. The Morgan fingerprint density at radius 1 is 1.34 bits per heavy atom. The zero-order valence-electron chi connectivity index (χ0n) is 17.4. The molecule has 0 fully saturated rings. The molecule has 12 heteroatoms. The quantitative estimate of drug-likeness (QED) is 0.442. The van der Waals surface area contributed by atoms with E-state index in [0.29, 0.717) is 16.6 Å². The number of nitrogens with zero attached hydrogens (tertiary/aromatic N) is 3. The fourth-order valence-electron chi connectivity index (χ4n) is 3.02. The third-order valence-corrected chi connectivity index (χ3v) is 5.58. The molecule has 0 radical (unpaired) electrons. The van der Waals surface area contributed by atoms with Gasteiger partial charge in [0, 0.05) is 30.3 Å². The molecule has 1 amide bonds. The van der Waals surface area contributed by atoms with E-state index in [4.69, 9.17) is 11.6 Å². The zero-order chi connectivity index (χ0) is 23.6. The molecule has 0 saturated carbocycles. The van der Waals surface area contributed by atoms with Gasteiger partial charge in [0.05, 0.1) is 34.0 Å². The van der Waals surface area contributed by atoms with Crippen molar-refractivity contribution in [2.75, 3.05) is 11.6 Å². The molecule has 9 nitrogen and oxygen atoms in total. The number of anilines is 1. The number of carbonyl (C=O) groups is 1. The topological polar surface area (TPSA) is 126 Å². The van der Waals surface area contributed by atoms with Crippen molar-refractivity contribution in [3.63, 3.8) is 0 Å². The SMILES string of the molecule is C[C@H](/C=C/S(C)(=O)=O)NC(=O)c1ncc(N[C@@H](O)c2cccc(F)c2Cl)c2c1cnn2C. The van der Waals surface area contributed by atoms with Gasteiger partial charge in [-0.15, -0.1) is 0 Å². The molecule has 0 saturated heterocycles. The van der Waals surface area contributed by atoms with Crippen molar-refractivity contribution >= 4 is 43.9 Å². The molecule has 2 aromatic heterocycles. The van der Waals surface area contributed by atoms with Crippen LogP contribution >= 0.6 is 11.6 Å². The Hall–Kier alpha value is -3.02. The predicted octanol–water partition coefficient (Wildman–Crippen LogP) is 2.54. The van der Waals surface area contributed by atoms with E-state index in [1.807, 2.05) is 0 Å². The van der Waals surface area contributed by atoms with Crippen molar-refractivity contribution in [2.45, 2.75) is 19.2 Å². The van der Waals surface area contributed by atoms with E-state index in [9.17, 15) is 22.7 Å². The van der Waals surface area contributed by atoms with Gasteiger partial charge in [0.1, 0.15) is 11.5 Å². The standard InChI is InChI=1S/C20H21ClFN5O4S/c1-11(7-8-32(3,30)31)25-20(29)17-13-9-24-27(2)18(13)15(10-23-17)26-19(28)12-5-4-6-14(22)16(12)21/h4-11,19,26,28H,1-3H3,(H,25,29)/b8-7+/t11-,19+/m1/s1. The highest BCUT2D eigenvalue weighted by Gasteiger charge is 2.21. The first-order valence-corrected chi connectivity index (χ1v) is 11.7. The minimum atomic E-state index is -3.32. The van der Waals surface area contributed by atoms with Crippen molar-refractivity contribution in [1.82, 2.24) is 20.1 Å². The molecule has 0 unspecified atom stereocenters. The molecule has 0 spiro atoms. The van der Waals surface area contributed by atoms with Gasteiger partial charge in [0.15, 0.2) is 16.1 Å². The summed E-state index contributed by atoms with van der Waals surface area (Å²) in [5, 5.41) is 21.3. The average Bonchev–Trinajstić information content (AvgIpc) is 3.10. The number of nitrogens with one attached hydrogen (secondary N) is 2. The molecule has 1 aromatic carbocycles. The van der Waals surface area contributed by atoms with Crippen LogP contribution in [0.1, 0.15) is 29.2 Å². The Bertz CT molecular complexity index is 1310. The summed E-state index contributed by atoms with van der Waals surface area (Å²) in [6.07, 6.45) is 3.84. The van der Waals surface area contributed by atoms with E-state index in [1.165, 1.54) is 41.4 Å². The van der Waals surface area contributed by atoms with Crippen LogP contribution in [0, 0.1) is 5.82 Å². The minimum Gasteiger partial charge on any atom is -0.369 e. The third kappa shape index (κ3) is 5.23. The number of aryl methyl sites for hydroxylation is 1. The molecule has 0 bridgehead atoms. The van der Waals surface area contributed by atoms with E-state index in [0.717, 1.165) is 11.7 Å². The Morgan fingerprint density at radius 2 is 2.06 bits per heavy atom. The number of pyridine rings is 1. The van der Waals surface area contributed by atoms with E-state index >= 15 is 0 Å². The Morgan fingerprint density at radius 3 is 2.75 bits per heavy atom. The molecule has 0 aliphatic rings. The van der Waals surface area contributed by atoms with Crippen LogP contribution in [0.2, 0.25) is 5.02 Å². The van der Waals surface area contributed by atoms with Crippen molar-refractivity contribution in [3.8, 4) is 0 Å². The number of aliphatic hydroxyl groups is 1. The highest BCUT2D eigenvalue weighted by Crippen LogP contribution is 2.30. The highest BCUT2D eigenvalue weighted by atomic mass is 35.5. The lowest BCUT2D eigenvalue weighted by molar-refractivity contribution is 0.0944. The number of benzene rings is 1. The number of rotatable bonds is 7. The molecule has 3 N–H and O–H groups in total. The minimum absolute atomic E-state index is 0.0662. The summed E-state index contributed by atoms with van der Waals surface area (Å²) in [4.78, 5) is 16.9. The first-order chi connectivity index (χ1) is 15.0. The van der Waals surface area contributed by atoms with E-state index in [2.05, 4.69) is 20.7 Å². The largest absolute Gasteiger partial charge is 0.369 e. The van der Waals surface area contributed by atoms with Gasteiger partial charge in [0.25, 0.3) is 5.91 Å². The number of hydrogen-bond acceptors (Lipinski definition) is 7. The van der Waals surface area contributed by atoms with Gasteiger partial charge in [-0.3, -0.25) is 9.48 Å². The van der Waals surface area contributed by atoms with Crippen LogP contribution in [0.4, 0.5) is 10.1 Å². The molecule has 32 heavy (non-hydrogen) atoms. The van der Waals surface area contributed by atoms with Gasteiger partial charge >= 0.3 is 0 Å². The number of hydrogen-bond donors (Lipinski definition) is 3. The maximum Gasteiger partial charge on any atom is 0.271 e. The van der Waals surface area contributed by atoms with Crippen LogP contribution in [0.25, 0.3) is 10.9 Å². The highest BCUT2D eigenvalue weighted by molar-refractivity contribution is 7.93. The fraction of sp³-hybridized carbons (Fsp3) is 0.250. The third-order valence-electron chi connectivity index (χ3n) is 4.53. The smallest absolute Gasteiger partial charge is 0.271 e. The Labute approximate surface area is 188 Å². The van der Waals surface area contributed by atoms with E-state index < -0.39 is 33.8 Å². The lowest BCUT2D eigenvalue weighted by atomic mass is 10.1. The van der Waals surface area contributed by atoms with E-state index in [-0.39, 0.29) is 16.3 Å². The van der Waals surface area contributed by atoms with Gasteiger partial charge in [0.2, 0.25) is 0 Å². The summed E-state index contributed by atoms with van der Waals surface area (Å²) >= 11 is 5.95. The van der Waals surface area contributed by atoms with Crippen molar-refractivity contribution in [3.05, 3.63) is 64.2 Å². The summed E-state index contributed by atoms with van der Waals surface area (Å²) in [5.74, 6) is -1.20. The van der Waals surface area contributed by atoms with Crippen LogP contribution in [0.3, 0.4) is 0 Å². The number of sulfone groups is 1. The fourth-order valence-corrected chi connectivity index (χ4v) is 3.77. The first kappa shape index (κ1) is 23.6. The maximum absolute atomic E-state index is 13.7. The van der Waals surface area contributed by atoms with Crippen LogP contribution in [-0.4, -0.2) is 46.5 Å². The number of fused-ring (bicyclic) bond motifs is 1. The number of aliphatic hydroxyl groups excluding tert-OH is 1. The lowest BCUT2D eigenvalue weighted by Gasteiger charge is -2.17. The summed E-state index contributed by atoms with van der Waals surface area (Å²) < 4.78 is 37.7. The van der Waals surface area contributed by atoms with Gasteiger partial charge in [-0.25, -0.2) is 17.8 Å². The second kappa shape index (κ2) is 9.23. The summed E-state index contributed by atoms with van der Waals surface area (Å²) in [6, 6.07) is 3.51. The maximum atomic E-state index is 13.7. The zero-order valence-corrected chi connectivity index (χ0v) is 18.9. The second-order valence-corrected chi connectivity index (χ2v) is 9.47. The first-order valence-electron chi connectivity index (χ1n) is 9.36. The van der Waals surface area contributed by atoms with E-state index in [1.54, 1.807) is 14.0 Å². The van der Waals surface area contributed by atoms with Gasteiger partial charge in [-0.05, 0) is 13.0 Å². The second-order valence-electron chi connectivity index (χ2n) is 7.16. The summed E-state index contributed by atoms with van der Waals surface area (Å²) in [7, 11) is -1.68. The molecule has 0 aliphatic carbocycles. The van der Waals surface area contributed by atoms with Gasteiger partial charge in [-0.1, -0.05) is 29.8 Å². The van der Waals surface area contributed by atoms with Gasteiger partial charge < -0.3 is 15.7 Å². The number of halogens is 2. The van der Waals surface area contributed by atoms with Crippen LogP contribution in [0.15, 0.2) is 42.1 Å². The van der Waals surface area contributed by atoms with Crippen molar-refractivity contribution in [1.29, 1.82) is 0 Å². The molecule has 0 aliphatic heterocycles. The molecular formula is C20H21ClFN5O4S. The van der Waals surface area contributed by atoms with Gasteiger partial charge in [-0.2, -0.15) is 5.10 Å². The molecular weight excluding hydrogens is 461 g/mol. The molecule has 3 rings (SSSR count). The van der Waals surface area contributed by atoms with Crippen molar-refractivity contribution < 1.29 is 22.7 Å². The van der Waals surface area contributed by atoms with Crippen molar-refractivity contribution in [2.24, 2.45) is 7.05 Å². The molecule has 2 atom stereocenters. The number of aromatic nitrogens is 3. The Balaban J connectivity index is 1.90. The average molecular weight is 482 g/mol.